The van der Waals surface area contributed by atoms with Crippen molar-refractivity contribution in [3.8, 4) is 5.75 Å². The second-order valence-electron chi connectivity index (χ2n) is 10.2. The summed E-state index contributed by atoms with van der Waals surface area (Å²) < 4.78 is 27.3. The van der Waals surface area contributed by atoms with Crippen molar-refractivity contribution < 1.29 is 18.7 Å². The van der Waals surface area contributed by atoms with Crippen molar-refractivity contribution in [3.63, 3.8) is 0 Å². The SMILES string of the molecule is CCOC(=O)C1=C(C)N=c2sc(=Cc3ccc(OCc4ccc(F)cc4)c(Br)c3)c(=O)n2[C@H]1c1ccc(C(C)C)cc1. The molecule has 0 N–H and O–H groups in total. The predicted octanol–water partition coefficient (Wildman–Crippen LogP) is 6.40. The van der Waals surface area contributed by atoms with Crippen molar-refractivity contribution in [2.24, 2.45) is 4.99 Å². The van der Waals surface area contributed by atoms with Gasteiger partial charge < -0.3 is 9.47 Å². The van der Waals surface area contributed by atoms with Gasteiger partial charge in [-0.1, -0.05) is 67.6 Å². The Labute approximate surface area is 255 Å². The average molecular weight is 650 g/mol. The standard InChI is InChI=1S/C33H30BrFN2O4S/c1-5-40-32(39)29-20(4)36-33-37(30(29)24-11-9-23(10-12-24)19(2)3)31(38)28(42-33)17-22-8-15-27(26(34)16-22)41-18-21-6-13-25(35)14-7-21/h6-17,19,30H,5,18H2,1-4H3/t30-/m0/s1. The molecule has 0 saturated heterocycles. The number of halogens is 2. The lowest BCUT2D eigenvalue weighted by Gasteiger charge is -2.25. The van der Waals surface area contributed by atoms with Crippen LogP contribution in [0.25, 0.3) is 6.08 Å². The van der Waals surface area contributed by atoms with E-state index in [0.717, 1.165) is 21.2 Å². The maximum absolute atomic E-state index is 13.9. The Morgan fingerprint density at radius 2 is 1.83 bits per heavy atom. The number of rotatable bonds is 8. The van der Waals surface area contributed by atoms with Gasteiger partial charge in [-0.3, -0.25) is 9.36 Å². The summed E-state index contributed by atoms with van der Waals surface area (Å²) in [5, 5.41) is 0. The molecule has 9 heteroatoms. The van der Waals surface area contributed by atoms with Crippen LogP contribution in [0.2, 0.25) is 0 Å². The lowest BCUT2D eigenvalue weighted by molar-refractivity contribution is -0.139. The van der Waals surface area contributed by atoms with E-state index in [0.29, 0.717) is 32.3 Å². The number of aromatic nitrogens is 1. The smallest absolute Gasteiger partial charge is 0.338 e. The first-order valence-electron chi connectivity index (χ1n) is 13.6. The second kappa shape index (κ2) is 12.6. The Balaban J connectivity index is 1.52. The molecule has 42 heavy (non-hydrogen) atoms. The largest absolute Gasteiger partial charge is 0.488 e. The van der Waals surface area contributed by atoms with Crippen LogP contribution >= 0.6 is 27.3 Å². The fourth-order valence-electron chi connectivity index (χ4n) is 4.79. The Hall–Kier alpha value is -3.82. The third-order valence-corrected chi connectivity index (χ3v) is 8.60. The van der Waals surface area contributed by atoms with Gasteiger partial charge in [0.15, 0.2) is 4.80 Å². The molecule has 4 aromatic rings. The van der Waals surface area contributed by atoms with Crippen molar-refractivity contribution in [2.75, 3.05) is 6.61 Å². The van der Waals surface area contributed by atoms with Gasteiger partial charge in [-0.2, -0.15) is 0 Å². The maximum Gasteiger partial charge on any atom is 0.338 e. The second-order valence-corrected chi connectivity index (χ2v) is 12.1. The molecule has 216 valence electrons. The molecule has 1 aromatic heterocycles. The molecular weight excluding hydrogens is 619 g/mol. The number of esters is 1. The van der Waals surface area contributed by atoms with Crippen LogP contribution in [0.15, 0.2) is 92.3 Å². The van der Waals surface area contributed by atoms with Gasteiger partial charge >= 0.3 is 5.97 Å². The number of hydrogen-bond acceptors (Lipinski definition) is 6. The first kappa shape index (κ1) is 29.7. The summed E-state index contributed by atoms with van der Waals surface area (Å²) in [5.41, 5.74) is 4.27. The van der Waals surface area contributed by atoms with Gasteiger partial charge in [0, 0.05) is 0 Å². The van der Waals surface area contributed by atoms with E-state index in [-0.39, 0.29) is 24.6 Å². The quantitative estimate of drug-likeness (QED) is 0.207. The molecule has 5 rings (SSSR count). The number of benzene rings is 3. The number of hydrogen-bond donors (Lipinski definition) is 0. The topological polar surface area (TPSA) is 69.9 Å². The van der Waals surface area contributed by atoms with Crippen LogP contribution in [0.3, 0.4) is 0 Å². The highest BCUT2D eigenvalue weighted by molar-refractivity contribution is 9.10. The van der Waals surface area contributed by atoms with Crippen molar-refractivity contribution in [3.05, 3.63) is 130 Å². The molecule has 0 amide bonds. The van der Waals surface area contributed by atoms with Crippen molar-refractivity contribution >= 4 is 39.3 Å². The Morgan fingerprint density at radius 3 is 2.48 bits per heavy atom. The third kappa shape index (κ3) is 6.17. The summed E-state index contributed by atoms with van der Waals surface area (Å²) >= 11 is 4.84. The number of ether oxygens (including phenoxy) is 2. The fourth-order valence-corrected chi connectivity index (χ4v) is 6.34. The summed E-state index contributed by atoms with van der Waals surface area (Å²) in [6.45, 7) is 8.28. The molecule has 0 spiro atoms. The van der Waals surface area contributed by atoms with Crippen LogP contribution in [0.4, 0.5) is 4.39 Å². The van der Waals surface area contributed by atoms with E-state index in [9.17, 15) is 14.0 Å². The zero-order valence-electron chi connectivity index (χ0n) is 23.7. The van der Waals surface area contributed by atoms with E-state index in [1.54, 1.807) is 36.6 Å². The average Bonchev–Trinajstić information content (AvgIpc) is 3.26. The number of nitrogens with zero attached hydrogens (tertiary/aromatic N) is 2. The van der Waals surface area contributed by atoms with Gasteiger partial charge in [0.05, 0.1) is 32.9 Å². The minimum atomic E-state index is -0.655. The molecule has 0 saturated carbocycles. The molecule has 0 aliphatic carbocycles. The highest BCUT2D eigenvalue weighted by Crippen LogP contribution is 2.32. The number of carbonyl (C=O) groups excluding carboxylic acids is 1. The van der Waals surface area contributed by atoms with Gasteiger partial charge in [0.2, 0.25) is 0 Å². The Bertz CT molecular complexity index is 1840. The van der Waals surface area contributed by atoms with Crippen LogP contribution in [0.1, 0.15) is 61.9 Å². The van der Waals surface area contributed by atoms with E-state index in [2.05, 4.69) is 34.8 Å². The third-order valence-electron chi connectivity index (χ3n) is 7.00. The summed E-state index contributed by atoms with van der Waals surface area (Å²) in [4.78, 5) is 32.2. The summed E-state index contributed by atoms with van der Waals surface area (Å²) in [5.74, 6) is 0.197. The molecule has 6 nitrogen and oxygen atoms in total. The minimum Gasteiger partial charge on any atom is -0.488 e. The van der Waals surface area contributed by atoms with E-state index in [1.807, 2.05) is 42.5 Å². The normalized spacial score (nSPS) is 15.0. The van der Waals surface area contributed by atoms with E-state index in [4.69, 9.17) is 9.47 Å². The molecule has 0 radical (unpaired) electrons. The molecule has 0 unspecified atom stereocenters. The van der Waals surface area contributed by atoms with Gasteiger partial charge in [0.1, 0.15) is 18.2 Å². The number of fused-ring (bicyclic) bond motifs is 1. The van der Waals surface area contributed by atoms with E-state index < -0.39 is 12.0 Å². The number of allylic oxidation sites excluding steroid dienone is 1. The molecule has 1 atom stereocenters. The van der Waals surface area contributed by atoms with Crippen LogP contribution < -0.4 is 19.6 Å². The summed E-state index contributed by atoms with van der Waals surface area (Å²) in [6.07, 6.45) is 1.81. The zero-order valence-corrected chi connectivity index (χ0v) is 26.1. The van der Waals surface area contributed by atoms with Crippen LogP contribution in [-0.4, -0.2) is 17.1 Å². The monoisotopic (exact) mass is 648 g/mol. The summed E-state index contributed by atoms with van der Waals surface area (Å²) in [7, 11) is 0. The lowest BCUT2D eigenvalue weighted by atomic mass is 9.93. The molecule has 0 fully saturated rings. The first-order valence-corrected chi connectivity index (χ1v) is 15.2. The van der Waals surface area contributed by atoms with Crippen LogP contribution in [0, 0.1) is 5.82 Å². The summed E-state index contributed by atoms with van der Waals surface area (Å²) in [6, 6.07) is 19.1. The van der Waals surface area contributed by atoms with Crippen LogP contribution in [0.5, 0.6) is 5.75 Å². The minimum absolute atomic E-state index is 0.220. The van der Waals surface area contributed by atoms with Gasteiger partial charge in [0.25, 0.3) is 5.56 Å². The first-order chi connectivity index (χ1) is 20.2. The van der Waals surface area contributed by atoms with Gasteiger partial charge in [-0.05, 0) is 88.3 Å². The molecule has 1 aliphatic heterocycles. The Kier molecular flexibility index (Phi) is 8.89. The molecule has 1 aliphatic rings. The van der Waals surface area contributed by atoms with Crippen molar-refractivity contribution in [1.82, 2.24) is 4.57 Å². The van der Waals surface area contributed by atoms with Gasteiger partial charge in [-0.15, -0.1) is 0 Å². The van der Waals surface area contributed by atoms with E-state index in [1.165, 1.54) is 29.0 Å². The fraction of sp³-hybridized carbons (Fsp3) is 0.242. The van der Waals surface area contributed by atoms with Crippen LogP contribution in [-0.2, 0) is 16.1 Å². The van der Waals surface area contributed by atoms with E-state index >= 15 is 0 Å². The highest BCUT2D eigenvalue weighted by atomic mass is 79.9. The predicted molar refractivity (Wildman–Crippen MR) is 166 cm³/mol. The molecule has 2 heterocycles. The van der Waals surface area contributed by atoms with Crippen molar-refractivity contribution in [2.45, 2.75) is 46.3 Å². The molecular formula is C33H30BrFN2O4S. The maximum atomic E-state index is 13.9. The highest BCUT2D eigenvalue weighted by Gasteiger charge is 2.33. The Morgan fingerprint density at radius 1 is 1.12 bits per heavy atom. The van der Waals surface area contributed by atoms with Crippen molar-refractivity contribution in [1.29, 1.82) is 0 Å². The molecule has 0 bridgehead atoms. The molecule has 3 aromatic carbocycles. The number of thiazole rings is 1. The van der Waals surface area contributed by atoms with Gasteiger partial charge in [-0.25, -0.2) is 14.2 Å². The lowest BCUT2D eigenvalue weighted by Crippen LogP contribution is -2.39. The number of carbonyl (C=O) groups is 1. The zero-order chi connectivity index (χ0) is 30.0.